The van der Waals surface area contributed by atoms with Crippen LogP contribution in [0.1, 0.15) is 20.3 Å². The summed E-state index contributed by atoms with van der Waals surface area (Å²) in [6.07, 6.45) is 4.64. The van der Waals surface area contributed by atoms with Gasteiger partial charge in [-0.1, -0.05) is 6.92 Å². The van der Waals surface area contributed by atoms with Crippen LogP contribution in [0.4, 0.5) is 5.82 Å². The molecule has 0 amide bonds. The maximum Gasteiger partial charge on any atom is 0.163 e. The monoisotopic (exact) mass is 318 g/mol. The van der Waals surface area contributed by atoms with Crippen molar-refractivity contribution < 1.29 is 4.74 Å². The quantitative estimate of drug-likeness (QED) is 0.748. The number of fused-ring (bicyclic) bond motifs is 1. The minimum Gasteiger partial charge on any atom is -0.380 e. The number of hydrogen-bond acceptors (Lipinski definition) is 6. The third-order valence-corrected chi connectivity index (χ3v) is 4.61. The SMILES string of the molecule is CCOCCN1CCN(c2ncnc3c2cnn3C)C[C@H]1CC. The van der Waals surface area contributed by atoms with Crippen molar-refractivity contribution >= 4 is 16.9 Å². The summed E-state index contributed by atoms with van der Waals surface area (Å²) in [5, 5.41) is 5.35. The van der Waals surface area contributed by atoms with E-state index in [0.717, 1.165) is 62.7 Å². The van der Waals surface area contributed by atoms with Gasteiger partial charge in [-0.05, 0) is 13.3 Å². The normalized spacial score (nSPS) is 19.6. The molecule has 0 spiro atoms. The summed E-state index contributed by atoms with van der Waals surface area (Å²) in [6, 6.07) is 0.533. The summed E-state index contributed by atoms with van der Waals surface area (Å²) in [4.78, 5) is 13.8. The second-order valence-corrected chi connectivity index (χ2v) is 5.94. The van der Waals surface area contributed by atoms with Crippen molar-refractivity contribution in [2.24, 2.45) is 7.05 Å². The van der Waals surface area contributed by atoms with Gasteiger partial charge >= 0.3 is 0 Å². The van der Waals surface area contributed by atoms with Crippen LogP contribution >= 0.6 is 0 Å². The van der Waals surface area contributed by atoms with E-state index >= 15 is 0 Å². The van der Waals surface area contributed by atoms with Crippen LogP contribution in [-0.2, 0) is 11.8 Å². The van der Waals surface area contributed by atoms with Crippen LogP contribution in [0.5, 0.6) is 0 Å². The third-order valence-electron chi connectivity index (χ3n) is 4.61. The molecule has 0 saturated carbocycles. The molecule has 0 aromatic carbocycles. The Hall–Kier alpha value is -1.73. The van der Waals surface area contributed by atoms with Crippen molar-refractivity contribution in [3.8, 4) is 0 Å². The van der Waals surface area contributed by atoms with Gasteiger partial charge in [0.25, 0.3) is 0 Å². The fraction of sp³-hybridized carbons (Fsp3) is 0.688. The van der Waals surface area contributed by atoms with E-state index in [1.54, 1.807) is 11.0 Å². The largest absolute Gasteiger partial charge is 0.380 e. The van der Waals surface area contributed by atoms with Gasteiger partial charge in [-0.2, -0.15) is 5.10 Å². The Bertz CT molecular complexity index is 643. The highest BCUT2D eigenvalue weighted by Gasteiger charge is 2.27. The van der Waals surface area contributed by atoms with Crippen molar-refractivity contribution in [2.75, 3.05) is 44.3 Å². The van der Waals surface area contributed by atoms with Gasteiger partial charge in [-0.25, -0.2) is 9.97 Å². The lowest BCUT2D eigenvalue weighted by Crippen LogP contribution is -2.54. The molecule has 2 aromatic rings. The number of aryl methyl sites for hydroxylation is 1. The highest BCUT2D eigenvalue weighted by atomic mass is 16.5. The summed E-state index contributed by atoms with van der Waals surface area (Å²) >= 11 is 0. The van der Waals surface area contributed by atoms with E-state index in [9.17, 15) is 0 Å². The zero-order valence-corrected chi connectivity index (χ0v) is 14.3. The van der Waals surface area contributed by atoms with Crippen molar-refractivity contribution in [1.82, 2.24) is 24.6 Å². The van der Waals surface area contributed by atoms with E-state index in [2.05, 4.69) is 31.8 Å². The van der Waals surface area contributed by atoms with Crippen molar-refractivity contribution in [3.63, 3.8) is 0 Å². The van der Waals surface area contributed by atoms with Crippen LogP contribution in [-0.4, -0.2) is 70.1 Å². The number of ether oxygens (including phenoxy) is 1. The Balaban J connectivity index is 1.74. The summed E-state index contributed by atoms with van der Waals surface area (Å²) < 4.78 is 7.32. The standard InChI is InChI=1S/C16H26N6O/c1-4-13-11-22(7-6-21(13)8-9-23-5-2)16-14-10-19-20(3)15(14)17-12-18-16/h10,12-13H,4-9,11H2,1-3H3/t13-/m1/s1. The molecule has 3 heterocycles. The summed E-state index contributed by atoms with van der Waals surface area (Å²) in [6.45, 7) is 9.91. The number of nitrogens with zero attached hydrogens (tertiary/aromatic N) is 6. The maximum absolute atomic E-state index is 5.51. The molecule has 1 fully saturated rings. The molecule has 1 aliphatic rings. The maximum atomic E-state index is 5.51. The lowest BCUT2D eigenvalue weighted by atomic mass is 10.1. The average Bonchev–Trinajstić information content (AvgIpc) is 2.97. The predicted molar refractivity (Wildman–Crippen MR) is 90.7 cm³/mol. The van der Waals surface area contributed by atoms with E-state index in [-0.39, 0.29) is 0 Å². The Morgan fingerprint density at radius 3 is 2.91 bits per heavy atom. The highest BCUT2D eigenvalue weighted by molar-refractivity contribution is 5.86. The lowest BCUT2D eigenvalue weighted by Gasteiger charge is -2.41. The van der Waals surface area contributed by atoms with Gasteiger partial charge in [0.15, 0.2) is 5.65 Å². The van der Waals surface area contributed by atoms with Crippen LogP contribution in [0, 0.1) is 0 Å². The first-order valence-electron chi connectivity index (χ1n) is 8.44. The first kappa shape index (κ1) is 16.1. The second-order valence-electron chi connectivity index (χ2n) is 5.94. The number of rotatable bonds is 6. The second kappa shape index (κ2) is 7.23. The fourth-order valence-electron chi connectivity index (χ4n) is 3.29. The molecule has 1 saturated heterocycles. The Morgan fingerprint density at radius 2 is 2.13 bits per heavy atom. The first-order chi connectivity index (χ1) is 11.2. The molecule has 0 radical (unpaired) electrons. The molecule has 1 aliphatic heterocycles. The highest BCUT2D eigenvalue weighted by Crippen LogP contribution is 2.25. The van der Waals surface area contributed by atoms with Gasteiger partial charge in [0.05, 0.1) is 18.2 Å². The number of anilines is 1. The fourth-order valence-corrected chi connectivity index (χ4v) is 3.29. The van der Waals surface area contributed by atoms with Gasteiger partial charge in [-0.15, -0.1) is 0 Å². The predicted octanol–water partition coefficient (Wildman–Crippen LogP) is 1.30. The van der Waals surface area contributed by atoms with E-state index in [1.165, 1.54) is 0 Å². The minimum absolute atomic E-state index is 0.533. The van der Waals surface area contributed by atoms with E-state index < -0.39 is 0 Å². The molecule has 1 atom stereocenters. The lowest BCUT2D eigenvalue weighted by molar-refractivity contribution is 0.0869. The van der Waals surface area contributed by atoms with Crippen molar-refractivity contribution in [3.05, 3.63) is 12.5 Å². The van der Waals surface area contributed by atoms with Crippen LogP contribution in [0.2, 0.25) is 0 Å². The van der Waals surface area contributed by atoms with Crippen molar-refractivity contribution in [1.29, 1.82) is 0 Å². The van der Waals surface area contributed by atoms with Gasteiger partial charge < -0.3 is 9.64 Å². The Kier molecular flexibility index (Phi) is 5.07. The molecule has 7 heteroatoms. The van der Waals surface area contributed by atoms with E-state index in [0.29, 0.717) is 6.04 Å². The van der Waals surface area contributed by atoms with Crippen LogP contribution < -0.4 is 4.90 Å². The molecular formula is C16H26N6O. The smallest absolute Gasteiger partial charge is 0.163 e. The molecule has 7 nitrogen and oxygen atoms in total. The molecule has 3 rings (SSSR count). The summed E-state index contributed by atoms with van der Waals surface area (Å²) in [5.74, 6) is 1.01. The molecule has 0 bridgehead atoms. The molecule has 2 aromatic heterocycles. The van der Waals surface area contributed by atoms with E-state index in [1.807, 2.05) is 20.2 Å². The zero-order valence-electron chi connectivity index (χ0n) is 14.3. The molecule has 0 aliphatic carbocycles. The van der Waals surface area contributed by atoms with Gasteiger partial charge in [0.1, 0.15) is 12.1 Å². The van der Waals surface area contributed by atoms with Gasteiger partial charge in [0.2, 0.25) is 0 Å². The molecule has 0 N–H and O–H groups in total. The minimum atomic E-state index is 0.533. The summed E-state index contributed by atoms with van der Waals surface area (Å²) in [5.41, 5.74) is 0.891. The average molecular weight is 318 g/mol. The van der Waals surface area contributed by atoms with E-state index in [4.69, 9.17) is 4.74 Å². The number of aromatic nitrogens is 4. The van der Waals surface area contributed by atoms with Gasteiger partial charge in [0, 0.05) is 45.9 Å². The van der Waals surface area contributed by atoms with Crippen LogP contribution in [0.15, 0.2) is 12.5 Å². The number of hydrogen-bond donors (Lipinski definition) is 0. The molecule has 23 heavy (non-hydrogen) atoms. The van der Waals surface area contributed by atoms with Crippen LogP contribution in [0.25, 0.3) is 11.0 Å². The zero-order chi connectivity index (χ0) is 16.2. The molecular weight excluding hydrogens is 292 g/mol. The Morgan fingerprint density at radius 1 is 1.26 bits per heavy atom. The molecule has 126 valence electrons. The third kappa shape index (κ3) is 3.30. The Labute approximate surface area is 137 Å². The first-order valence-corrected chi connectivity index (χ1v) is 8.44. The molecule has 0 unspecified atom stereocenters. The topological polar surface area (TPSA) is 59.3 Å². The summed E-state index contributed by atoms with van der Waals surface area (Å²) in [7, 11) is 1.92. The van der Waals surface area contributed by atoms with Crippen molar-refractivity contribution in [2.45, 2.75) is 26.3 Å². The van der Waals surface area contributed by atoms with Gasteiger partial charge in [-0.3, -0.25) is 9.58 Å². The van der Waals surface area contributed by atoms with Crippen LogP contribution in [0.3, 0.4) is 0 Å². The number of piperazine rings is 1.